The molecule has 27 heavy (non-hydrogen) atoms. The van der Waals surface area contributed by atoms with Crippen molar-refractivity contribution in [1.29, 1.82) is 0 Å². The molecular weight excluding hydrogens is 413 g/mol. The molecule has 10 heteroatoms. The van der Waals surface area contributed by atoms with Crippen LogP contribution in [0.15, 0.2) is 18.2 Å². The molecular formula is C17H22Cl3N5O2. The van der Waals surface area contributed by atoms with Crippen LogP contribution in [0.5, 0.6) is 5.75 Å². The molecule has 0 saturated carbocycles. The summed E-state index contributed by atoms with van der Waals surface area (Å²) in [5, 5.41) is 11.3. The summed E-state index contributed by atoms with van der Waals surface area (Å²) in [5.74, 6) is 1.65. The summed E-state index contributed by atoms with van der Waals surface area (Å²) in [7, 11) is 1.76. The number of carbonyl (C=O) groups excluding carboxylic acids is 1. The van der Waals surface area contributed by atoms with E-state index in [1.54, 1.807) is 36.9 Å². The van der Waals surface area contributed by atoms with E-state index in [0.717, 1.165) is 31.8 Å². The average Bonchev–Trinajstić information content (AvgIpc) is 2.99. The fourth-order valence-electron chi connectivity index (χ4n) is 2.79. The lowest BCUT2D eigenvalue weighted by Gasteiger charge is -2.19. The lowest BCUT2D eigenvalue weighted by atomic mass is 9.98. The second-order valence-electron chi connectivity index (χ2n) is 6.27. The van der Waals surface area contributed by atoms with Gasteiger partial charge >= 0.3 is 0 Å². The molecule has 2 N–H and O–H groups in total. The number of anilines is 1. The molecule has 2 aromatic rings. The second-order valence-corrected chi connectivity index (χ2v) is 7.08. The first-order valence-corrected chi connectivity index (χ1v) is 9.24. The van der Waals surface area contributed by atoms with E-state index in [9.17, 15) is 4.79 Å². The van der Waals surface area contributed by atoms with Crippen molar-refractivity contribution in [2.45, 2.75) is 31.8 Å². The molecule has 1 atom stereocenters. The number of halogens is 3. The SMILES string of the molecule is CC(Oc1ccc(Cl)c(Cl)c1)C(=O)Nc1nc(C2CCNCC2)nn1C.Cl. The Hall–Kier alpha value is -1.54. The number of aryl methyl sites for hydroxylation is 1. The van der Waals surface area contributed by atoms with Gasteiger partial charge in [0.2, 0.25) is 5.95 Å². The van der Waals surface area contributed by atoms with Crippen LogP contribution in [-0.4, -0.2) is 39.9 Å². The molecule has 1 aliphatic rings. The third-order valence-corrected chi connectivity index (χ3v) is 5.03. The first-order valence-electron chi connectivity index (χ1n) is 8.48. The molecule has 7 nitrogen and oxygen atoms in total. The van der Waals surface area contributed by atoms with Crippen molar-refractivity contribution in [2.75, 3.05) is 18.4 Å². The van der Waals surface area contributed by atoms with Crippen molar-refractivity contribution in [3.8, 4) is 5.75 Å². The van der Waals surface area contributed by atoms with E-state index in [4.69, 9.17) is 27.9 Å². The maximum Gasteiger partial charge on any atom is 0.267 e. The molecule has 1 unspecified atom stereocenters. The quantitative estimate of drug-likeness (QED) is 0.753. The minimum Gasteiger partial charge on any atom is -0.481 e. The van der Waals surface area contributed by atoms with Crippen molar-refractivity contribution in [3.63, 3.8) is 0 Å². The summed E-state index contributed by atoms with van der Waals surface area (Å²) in [6.07, 6.45) is 1.26. The lowest BCUT2D eigenvalue weighted by molar-refractivity contribution is -0.122. The molecule has 1 aromatic carbocycles. The average molecular weight is 435 g/mol. The van der Waals surface area contributed by atoms with Gasteiger partial charge in [0.05, 0.1) is 10.0 Å². The maximum absolute atomic E-state index is 12.4. The van der Waals surface area contributed by atoms with Crippen LogP contribution in [-0.2, 0) is 11.8 Å². The van der Waals surface area contributed by atoms with E-state index in [1.165, 1.54) is 0 Å². The van der Waals surface area contributed by atoms with Gasteiger partial charge in [-0.2, -0.15) is 10.1 Å². The van der Waals surface area contributed by atoms with Crippen LogP contribution in [0.2, 0.25) is 10.0 Å². The number of amides is 1. The van der Waals surface area contributed by atoms with Gasteiger partial charge < -0.3 is 10.1 Å². The van der Waals surface area contributed by atoms with Gasteiger partial charge in [-0.15, -0.1) is 12.4 Å². The minimum absolute atomic E-state index is 0. The highest BCUT2D eigenvalue weighted by atomic mass is 35.5. The maximum atomic E-state index is 12.4. The van der Waals surface area contributed by atoms with E-state index < -0.39 is 6.10 Å². The topological polar surface area (TPSA) is 81.1 Å². The van der Waals surface area contributed by atoms with Gasteiger partial charge in [0.1, 0.15) is 5.75 Å². The van der Waals surface area contributed by atoms with Gasteiger partial charge in [-0.05, 0) is 45.0 Å². The van der Waals surface area contributed by atoms with E-state index in [-0.39, 0.29) is 18.3 Å². The van der Waals surface area contributed by atoms with Crippen molar-refractivity contribution in [2.24, 2.45) is 7.05 Å². The third-order valence-electron chi connectivity index (χ3n) is 4.29. The van der Waals surface area contributed by atoms with Crippen LogP contribution in [0.1, 0.15) is 31.5 Å². The number of benzene rings is 1. The van der Waals surface area contributed by atoms with Crippen LogP contribution >= 0.6 is 35.6 Å². The second kappa shape index (κ2) is 9.59. The summed E-state index contributed by atoms with van der Waals surface area (Å²) in [5.41, 5.74) is 0. The zero-order valence-corrected chi connectivity index (χ0v) is 17.4. The molecule has 0 aliphatic carbocycles. The Morgan fingerprint density at radius 1 is 1.33 bits per heavy atom. The van der Waals surface area contributed by atoms with Gasteiger partial charge in [0.15, 0.2) is 11.9 Å². The summed E-state index contributed by atoms with van der Waals surface area (Å²) in [4.78, 5) is 16.9. The lowest BCUT2D eigenvalue weighted by Crippen LogP contribution is -2.31. The van der Waals surface area contributed by atoms with E-state index >= 15 is 0 Å². The standard InChI is InChI=1S/C17H21Cl2N5O2.ClH/c1-10(26-12-3-4-13(18)14(19)9-12)16(25)22-17-21-15(23-24(17)2)11-5-7-20-8-6-11;/h3-4,9-11,20H,5-8H2,1-2H3,(H,21,22,23,25);1H. The molecule has 1 aliphatic heterocycles. The van der Waals surface area contributed by atoms with E-state index in [2.05, 4.69) is 20.7 Å². The van der Waals surface area contributed by atoms with E-state index in [1.807, 2.05) is 0 Å². The Labute approximate surface area is 174 Å². The van der Waals surface area contributed by atoms with E-state index in [0.29, 0.717) is 27.7 Å². The van der Waals surface area contributed by atoms with Gasteiger partial charge in [-0.25, -0.2) is 4.68 Å². The molecule has 1 fully saturated rings. The van der Waals surface area contributed by atoms with Crippen LogP contribution < -0.4 is 15.4 Å². The Kier molecular flexibility index (Phi) is 7.73. The molecule has 1 saturated heterocycles. The van der Waals surface area contributed by atoms with Crippen molar-refractivity contribution in [1.82, 2.24) is 20.1 Å². The number of hydrogen-bond donors (Lipinski definition) is 2. The molecule has 0 bridgehead atoms. The summed E-state index contributed by atoms with van der Waals surface area (Å²) in [6, 6.07) is 4.86. The fourth-order valence-corrected chi connectivity index (χ4v) is 3.07. The normalized spacial score (nSPS) is 15.7. The van der Waals surface area contributed by atoms with Crippen molar-refractivity contribution < 1.29 is 9.53 Å². The van der Waals surface area contributed by atoms with Crippen LogP contribution in [0.4, 0.5) is 5.95 Å². The van der Waals surface area contributed by atoms with Crippen LogP contribution in [0.25, 0.3) is 0 Å². The number of piperidine rings is 1. The molecule has 0 radical (unpaired) electrons. The Balaban J connectivity index is 0.00000261. The number of aromatic nitrogens is 3. The number of carbonyl (C=O) groups is 1. The molecule has 3 rings (SSSR count). The minimum atomic E-state index is -0.730. The molecule has 0 spiro atoms. The van der Waals surface area contributed by atoms with Gasteiger partial charge in [0, 0.05) is 19.0 Å². The zero-order chi connectivity index (χ0) is 18.7. The number of rotatable bonds is 5. The highest BCUT2D eigenvalue weighted by molar-refractivity contribution is 6.42. The number of hydrogen-bond acceptors (Lipinski definition) is 5. The Morgan fingerprint density at radius 3 is 2.70 bits per heavy atom. The summed E-state index contributed by atoms with van der Waals surface area (Å²) < 4.78 is 7.21. The van der Waals surface area contributed by atoms with Crippen molar-refractivity contribution in [3.05, 3.63) is 34.1 Å². The zero-order valence-electron chi connectivity index (χ0n) is 15.0. The molecule has 1 aromatic heterocycles. The highest BCUT2D eigenvalue weighted by Crippen LogP contribution is 2.27. The summed E-state index contributed by atoms with van der Waals surface area (Å²) in [6.45, 7) is 3.57. The first kappa shape index (κ1) is 21.8. The molecule has 2 heterocycles. The monoisotopic (exact) mass is 433 g/mol. The van der Waals surface area contributed by atoms with Crippen LogP contribution in [0, 0.1) is 0 Å². The van der Waals surface area contributed by atoms with Crippen LogP contribution in [0.3, 0.4) is 0 Å². The Bertz CT molecular complexity index is 793. The third kappa shape index (κ3) is 5.48. The largest absolute Gasteiger partial charge is 0.481 e. The first-order chi connectivity index (χ1) is 12.4. The number of ether oxygens (including phenoxy) is 1. The van der Waals surface area contributed by atoms with Gasteiger partial charge in [0.25, 0.3) is 5.91 Å². The molecule has 1 amide bonds. The van der Waals surface area contributed by atoms with Gasteiger partial charge in [-0.1, -0.05) is 23.2 Å². The fraction of sp³-hybridized carbons (Fsp3) is 0.471. The smallest absolute Gasteiger partial charge is 0.267 e. The van der Waals surface area contributed by atoms with Gasteiger partial charge in [-0.3, -0.25) is 10.1 Å². The predicted octanol–water partition coefficient (Wildman–Crippen LogP) is 3.42. The highest BCUT2D eigenvalue weighted by Gasteiger charge is 2.23. The predicted molar refractivity (Wildman–Crippen MR) is 108 cm³/mol. The number of nitrogens with zero attached hydrogens (tertiary/aromatic N) is 3. The van der Waals surface area contributed by atoms with Crippen molar-refractivity contribution >= 4 is 47.5 Å². The Morgan fingerprint density at radius 2 is 2.04 bits per heavy atom. The number of nitrogens with one attached hydrogen (secondary N) is 2. The molecule has 148 valence electrons. The summed E-state index contributed by atoms with van der Waals surface area (Å²) >= 11 is 11.8.